The van der Waals surface area contributed by atoms with Gasteiger partial charge in [-0.3, -0.25) is 9.78 Å². The van der Waals surface area contributed by atoms with E-state index >= 15 is 0 Å². The highest BCUT2D eigenvalue weighted by Gasteiger charge is 2.33. The Kier molecular flexibility index (Phi) is 5.16. The van der Waals surface area contributed by atoms with Gasteiger partial charge in [0, 0.05) is 57.3 Å². The van der Waals surface area contributed by atoms with Crippen LogP contribution in [0.3, 0.4) is 0 Å². The second kappa shape index (κ2) is 7.57. The summed E-state index contributed by atoms with van der Waals surface area (Å²) in [5.41, 5.74) is 1.09. The first-order valence-corrected chi connectivity index (χ1v) is 11.4. The monoisotopic (exact) mass is 406 g/mol. The number of sulfonamides is 1. The summed E-state index contributed by atoms with van der Waals surface area (Å²) >= 11 is 1.22. The molecule has 2 fully saturated rings. The molecule has 2 aromatic rings. The predicted molar refractivity (Wildman–Crippen MR) is 105 cm³/mol. The van der Waals surface area contributed by atoms with Gasteiger partial charge in [-0.1, -0.05) is 0 Å². The van der Waals surface area contributed by atoms with E-state index in [0.29, 0.717) is 31.1 Å². The average molecular weight is 407 g/mol. The molecule has 0 spiro atoms. The number of rotatable bonds is 4. The summed E-state index contributed by atoms with van der Waals surface area (Å²) in [5, 5.41) is 1.70. The van der Waals surface area contributed by atoms with Crippen LogP contribution < -0.4 is 4.90 Å². The normalized spacial score (nSPS) is 18.8. The second-order valence-electron chi connectivity index (χ2n) is 6.71. The molecule has 4 rings (SSSR count). The van der Waals surface area contributed by atoms with E-state index in [0.717, 1.165) is 31.6 Å². The minimum atomic E-state index is -3.58. The lowest BCUT2D eigenvalue weighted by atomic mass is 10.2. The van der Waals surface area contributed by atoms with Gasteiger partial charge in [-0.15, -0.1) is 11.3 Å². The van der Waals surface area contributed by atoms with Gasteiger partial charge in [0.2, 0.25) is 10.0 Å². The largest absolute Gasteiger partial charge is 0.368 e. The first-order chi connectivity index (χ1) is 13.1. The molecule has 0 unspecified atom stereocenters. The molecular weight excluding hydrogens is 384 g/mol. The number of pyridine rings is 1. The summed E-state index contributed by atoms with van der Waals surface area (Å²) in [6, 6.07) is 5.48. The van der Waals surface area contributed by atoms with Gasteiger partial charge in [0.15, 0.2) is 0 Å². The van der Waals surface area contributed by atoms with Gasteiger partial charge in [-0.2, -0.15) is 4.31 Å². The number of anilines is 1. The molecule has 9 heteroatoms. The SMILES string of the molecule is O=C(c1sccc1S(=O)(=O)N1CCCC1)N1CCN(c2ccncc2)CC1. The maximum absolute atomic E-state index is 13.0. The number of thiophene rings is 1. The van der Waals surface area contributed by atoms with Gasteiger partial charge in [0.25, 0.3) is 5.91 Å². The van der Waals surface area contributed by atoms with Crippen LogP contribution in [0.4, 0.5) is 5.69 Å². The molecule has 0 aliphatic carbocycles. The fourth-order valence-electron chi connectivity index (χ4n) is 3.59. The minimum absolute atomic E-state index is 0.163. The number of amides is 1. The summed E-state index contributed by atoms with van der Waals surface area (Å²) in [4.78, 5) is 21.5. The molecular formula is C18H22N4O3S2. The van der Waals surface area contributed by atoms with Crippen molar-refractivity contribution < 1.29 is 13.2 Å². The zero-order valence-corrected chi connectivity index (χ0v) is 16.6. The van der Waals surface area contributed by atoms with Crippen LogP contribution in [0.15, 0.2) is 40.9 Å². The van der Waals surface area contributed by atoms with Crippen LogP contribution in [0.1, 0.15) is 22.5 Å². The van der Waals surface area contributed by atoms with Gasteiger partial charge in [-0.05, 0) is 36.4 Å². The summed E-state index contributed by atoms with van der Waals surface area (Å²) in [6.07, 6.45) is 5.27. The number of hydrogen-bond acceptors (Lipinski definition) is 6. The minimum Gasteiger partial charge on any atom is -0.368 e. The first kappa shape index (κ1) is 18.4. The molecule has 7 nitrogen and oxygen atoms in total. The van der Waals surface area contributed by atoms with E-state index in [1.165, 1.54) is 15.6 Å². The van der Waals surface area contributed by atoms with Crippen molar-refractivity contribution in [3.05, 3.63) is 40.8 Å². The molecule has 2 saturated heterocycles. The Labute approximate surface area is 163 Å². The number of aromatic nitrogens is 1. The van der Waals surface area contributed by atoms with E-state index < -0.39 is 10.0 Å². The Balaban J connectivity index is 1.48. The molecule has 0 N–H and O–H groups in total. The van der Waals surface area contributed by atoms with Crippen molar-refractivity contribution in [2.45, 2.75) is 17.7 Å². The van der Waals surface area contributed by atoms with Crippen molar-refractivity contribution >= 4 is 33.0 Å². The van der Waals surface area contributed by atoms with Crippen LogP contribution in [-0.2, 0) is 10.0 Å². The highest BCUT2D eigenvalue weighted by Crippen LogP contribution is 2.29. The molecule has 0 bridgehead atoms. The van der Waals surface area contributed by atoms with E-state index in [4.69, 9.17) is 0 Å². The highest BCUT2D eigenvalue weighted by atomic mass is 32.2. The van der Waals surface area contributed by atoms with E-state index in [1.54, 1.807) is 28.7 Å². The molecule has 27 heavy (non-hydrogen) atoms. The third-order valence-corrected chi connectivity index (χ3v) is 8.07. The smallest absolute Gasteiger partial charge is 0.265 e. The maximum Gasteiger partial charge on any atom is 0.265 e. The molecule has 2 aromatic heterocycles. The van der Waals surface area contributed by atoms with Gasteiger partial charge >= 0.3 is 0 Å². The lowest BCUT2D eigenvalue weighted by Gasteiger charge is -2.36. The lowest BCUT2D eigenvalue weighted by molar-refractivity contribution is 0.0748. The van der Waals surface area contributed by atoms with Crippen molar-refractivity contribution in [3.8, 4) is 0 Å². The summed E-state index contributed by atoms with van der Waals surface area (Å²) in [7, 11) is -3.58. The molecule has 1 amide bonds. The Morgan fingerprint density at radius 2 is 1.63 bits per heavy atom. The third kappa shape index (κ3) is 3.59. The van der Waals surface area contributed by atoms with Crippen LogP contribution in [0.25, 0.3) is 0 Å². The third-order valence-electron chi connectivity index (χ3n) is 5.10. The summed E-state index contributed by atoms with van der Waals surface area (Å²) < 4.78 is 27.3. The molecule has 4 heterocycles. The number of hydrogen-bond donors (Lipinski definition) is 0. The van der Waals surface area contributed by atoms with Crippen molar-refractivity contribution in [3.63, 3.8) is 0 Å². The Morgan fingerprint density at radius 3 is 2.30 bits per heavy atom. The fraction of sp³-hybridized carbons (Fsp3) is 0.444. The lowest BCUT2D eigenvalue weighted by Crippen LogP contribution is -2.49. The Hall–Kier alpha value is -1.97. The van der Waals surface area contributed by atoms with E-state index in [9.17, 15) is 13.2 Å². The predicted octanol–water partition coefficient (Wildman–Crippen LogP) is 1.89. The van der Waals surface area contributed by atoms with Crippen LogP contribution in [-0.4, -0.2) is 67.8 Å². The van der Waals surface area contributed by atoms with E-state index in [2.05, 4.69) is 9.88 Å². The Morgan fingerprint density at radius 1 is 0.963 bits per heavy atom. The van der Waals surface area contributed by atoms with Crippen molar-refractivity contribution in [2.24, 2.45) is 0 Å². The van der Waals surface area contributed by atoms with Gasteiger partial charge in [0.05, 0.1) is 0 Å². The standard InChI is InChI=1S/C18H22N4O3S2/c23-18(21-12-10-20(11-13-21)15-3-6-19-7-4-15)17-16(5-14-26-17)27(24,25)22-8-1-2-9-22/h3-7,14H,1-2,8-13H2. The van der Waals surface area contributed by atoms with Gasteiger partial charge in [-0.25, -0.2) is 8.42 Å². The fourth-order valence-corrected chi connectivity index (χ4v) is 6.47. The molecule has 0 radical (unpaired) electrons. The van der Waals surface area contributed by atoms with Crippen LogP contribution >= 0.6 is 11.3 Å². The number of piperazine rings is 1. The summed E-state index contributed by atoms with van der Waals surface area (Å²) in [5.74, 6) is -0.183. The van der Waals surface area contributed by atoms with E-state index in [1.807, 2.05) is 12.1 Å². The average Bonchev–Trinajstić information content (AvgIpc) is 3.41. The maximum atomic E-state index is 13.0. The molecule has 0 atom stereocenters. The number of nitrogens with zero attached hydrogens (tertiary/aromatic N) is 4. The van der Waals surface area contributed by atoms with Gasteiger partial charge in [0.1, 0.15) is 9.77 Å². The summed E-state index contributed by atoms with van der Waals surface area (Å²) in [6.45, 7) is 3.65. The van der Waals surface area contributed by atoms with Crippen LogP contribution in [0.5, 0.6) is 0 Å². The number of carbonyl (C=O) groups is 1. The zero-order chi connectivity index (χ0) is 18.9. The molecule has 0 saturated carbocycles. The Bertz CT molecular complexity index is 900. The topological polar surface area (TPSA) is 73.8 Å². The number of carbonyl (C=O) groups excluding carboxylic acids is 1. The molecule has 2 aliphatic heterocycles. The zero-order valence-electron chi connectivity index (χ0n) is 15.0. The molecule has 144 valence electrons. The van der Waals surface area contributed by atoms with E-state index in [-0.39, 0.29) is 10.8 Å². The quantitative estimate of drug-likeness (QED) is 0.775. The van der Waals surface area contributed by atoms with Gasteiger partial charge < -0.3 is 9.80 Å². The van der Waals surface area contributed by atoms with Crippen LogP contribution in [0.2, 0.25) is 0 Å². The second-order valence-corrected chi connectivity index (χ2v) is 9.53. The van der Waals surface area contributed by atoms with Crippen molar-refractivity contribution in [2.75, 3.05) is 44.2 Å². The highest BCUT2D eigenvalue weighted by molar-refractivity contribution is 7.89. The van der Waals surface area contributed by atoms with Crippen LogP contribution in [0, 0.1) is 0 Å². The first-order valence-electron chi connectivity index (χ1n) is 9.09. The van der Waals surface area contributed by atoms with Crippen molar-refractivity contribution in [1.29, 1.82) is 0 Å². The van der Waals surface area contributed by atoms with Crippen molar-refractivity contribution in [1.82, 2.24) is 14.2 Å². The molecule has 0 aromatic carbocycles. The molecule has 2 aliphatic rings.